The van der Waals surface area contributed by atoms with Crippen molar-refractivity contribution < 1.29 is 9.53 Å². The second-order valence-corrected chi connectivity index (χ2v) is 4.01. The summed E-state index contributed by atoms with van der Waals surface area (Å²) in [7, 11) is 7.28. The number of methoxy groups -OCH3 is 1. The van der Waals surface area contributed by atoms with E-state index in [4.69, 9.17) is 0 Å². The number of esters is 1. The maximum Gasteiger partial charge on any atom is 0.306 e. The maximum atomic E-state index is 10.9. The van der Waals surface area contributed by atoms with Crippen LogP contribution in [-0.2, 0) is 23.1 Å². The topological polar surface area (TPSA) is 59.4 Å². The van der Waals surface area contributed by atoms with Gasteiger partial charge in [-0.3, -0.25) is 4.79 Å². The summed E-state index contributed by atoms with van der Waals surface area (Å²) < 4.78 is 6.58. The number of imidazole rings is 1. The van der Waals surface area contributed by atoms with E-state index in [1.165, 1.54) is 7.11 Å². The van der Waals surface area contributed by atoms with Crippen molar-refractivity contribution in [2.75, 3.05) is 32.6 Å². The molecule has 0 spiro atoms. The zero-order valence-corrected chi connectivity index (χ0v) is 10.9. The Morgan fingerprint density at radius 3 is 2.82 bits per heavy atom. The summed E-state index contributed by atoms with van der Waals surface area (Å²) in [6, 6.07) is 0. The highest BCUT2D eigenvalue weighted by atomic mass is 16.5. The quantitative estimate of drug-likeness (QED) is 0.566. The number of hydrogen-bond donors (Lipinski definition) is 1. The minimum Gasteiger partial charge on any atom is -0.469 e. The van der Waals surface area contributed by atoms with Gasteiger partial charge < -0.3 is 19.5 Å². The van der Waals surface area contributed by atoms with Crippen molar-refractivity contribution in [1.82, 2.24) is 14.9 Å². The Balaban J connectivity index is 2.40. The zero-order chi connectivity index (χ0) is 12.8. The first-order valence-corrected chi connectivity index (χ1v) is 5.51. The molecule has 1 N–H and O–H groups in total. The fourth-order valence-corrected chi connectivity index (χ4v) is 1.52. The SMILES string of the molecule is COC(=O)CCNCc1cnc(N(C)C)n1C. The third kappa shape index (κ3) is 3.74. The van der Waals surface area contributed by atoms with Gasteiger partial charge in [0, 0.05) is 34.2 Å². The molecule has 0 aliphatic heterocycles. The number of carbonyl (C=O) groups is 1. The summed E-state index contributed by atoms with van der Waals surface area (Å²) >= 11 is 0. The number of nitrogens with one attached hydrogen (secondary N) is 1. The molecule has 0 radical (unpaired) electrons. The van der Waals surface area contributed by atoms with Crippen molar-refractivity contribution in [3.63, 3.8) is 0 Å². The van der Waals surface area contributed by atoms with Crippen LogP contribution in [0.5, 0.6) is 0 Å². The highest BCUT2D eigenvalue weighted by Gasteiger charge is 2.07. The normalized spacial score (nSPS) is 10.4. The van der Waals surface area contributed by atoms with Crippen molar-refractivity contribution in [1.29, 1.82) is 0 Å². The van der Waals surface area contributed by atoms with Crippen LogP contribution in [0.15, 0.2) is 6.20 Å². The molecular weight excluding hydrogens is 220 g/mol. The van der Waals surface area contributed by atoms with Crippen LogP contribution < -0.4 is 10.2 Å². The predicted molar refractivity (Wildman–Crippen MR) is 65.9 cm³/mol. The van der Waals surface area contributed by atoms with E-state index in [-0.39, 0.29) is 5.97 Å². The van der Waals surface area contributed by atoms with Crippen LogP contribution in [0.2, 0.25) is 0 Å². The predicted octanol–water partition coefficient (Wildman–Crippen LogP) is 0.139. The van der Waals surface area contributed by atoms with Crippen LogP contribution in [0, 0.1) is 0 Å². The molecule has 0 saturated heterocycles. The maximum absolute atomic E-state index is 10.9. The molecule has 0 aliphatic rings. The van der Waals surface area contributed by atoms with Gasteiger partial charge in [0.2, 0.25) is 5.95 Å². The van der Waals surface area contributed by atoms with E-state index >= 15 is 0 Å². The minimum atomic E-state index is -0.198. The number of rotatable bonds is 6. The van der Waals surface area contributed by atoms with Crippen molar-refractivity contribution in [2.45, 2.75) is 13.0 Å². The molecule has 6 heteroatoms. The standard InChI is InChI=1S/C11H20N4O2/c1-14(2)11-13-8-9(15(11)3)7-12-6-5-10(16)17-4/h8,12H,5-7H2,1-4H3. The van der Waals surface area contributed by atoms with Gasteiger partial charge in [-0.15, -0.1) is 0 Å². The highest BCUT2D eigenvalue weighted by Crippen LogP contribution is 2.10. The molecule has 0 amide bonds. The van der Waals surface area contributed by atoms with Crippen molar-refractivity contribution in [2.24, 2.45) is 7.05 Å². The van der Waals surface area contributed by atoms with Crippen molar-refractivity contribution >= 4 is 11.9 Å². The van der Waals surface area contributed by atoms with E-state index in [9.17, 15) is 4.79 Å². The minimum absolute atomic E-state index is 0.198. The van der Waals surface area contributed by atoms with Crippen molar-refractivity contribution in [3.05, 3.63) is 11.9 Å². The molecular formula is C11H20N4O2. The number of ether oxygens (including phenoxy) is 1. The Morgan fingerprint density at radius 2 is 2.29 bits per heavy atom. The lowest BCUT2D eigenvalue weighted by Crippen LogP contribution is -2.20. The first-order chi connectivity index (χ1) is 8.06. The van der Waals surface area contributed by atoms with Crippen LogP contribution in [0.1, 0.15) is 12.1 Å². The number of anilines is 1. The van der Waals surface area contributed by atoms with Gasteiger partial charge in [0.15, 0.2) is 0 Å². The Kier molecular flexibility index (Phi) is 4.96. The average Bonchev–Trinajstić information content (AvgIpc) is 2.66. The van der Waals surface area contributed by atoms with Gasteiger partial charge in [-0.2, -0.15) is 0 Å². The molecule has 0 saturated carbocycles. The molecule has 0 bridgehead atoms. The summed E-state index contributed by atoms with van der Waals surface area (Å²) in [4.78, 5) is 17.2. The Hall–Kier alpha value is -1.56. The summed E-state index contributed by atoms with van der Waals surface area (Å²) in [6.45, 7) is 1.30. The number of carbonyl (C=O) groups excluding carboxylic acids is 1. The lowest BCUT2D eigenvalue weighted by atomic mass is 10.4. The molecule has 0 aromatic carbocycles. The molecule has 6 nitrogen and oxygen atoms in total. The van der Waals surface area contributed by atoms with Gasteiger partial charge in [0.1, 0.15) is 0 Å². The summed E-state index contributed by atoms with van der Waals surface area (Å²) in [6.07, 6.45) is 2.22. The van der Waals surface area contributed by atoms with Gasteiger partial charge in [0.25, 0.3) is 0 Å². The number of nitrogens with zero attached hydrogens (tertiary/aromatic N) is 3. The molecule has 96 valence electrons. The van der Waals surface area contributed by atoms with E-state index in [0.29, 0.717) is 19.5 Å². The smallest absolute Gasteiger partial charge is 0.306 e. The fraction of sp³-hybridized carbons (Fsp3) is 0.636. The van der Waals surface area contributed by atoms with Crippen LogP contribution in [0.25, 0.3) is 0 Å². The lowest BCUT2D eigenvalue weighted by Gasteiger charge is -2.12. The lowest BCUT2D eigenvalue weighted by molar-refractivity contribution is -0.140. The molecule has 1 rings (SSSR count). The van der Waals surface area contributed by atoms with E-state index in [2.05, 4.69) is 15.0 Å². The third-order valence-electron chi connectivity index (χ3n) is 2.50. The van der Waals surface area contributed by atoms with Crippen LogP contribution >= 0.6 is 0 Å². The first-order valence-electron chi connectivity index (χ1n) is 5.51. The van der Waals surface area contributed by atoms with Crippen LogP contribution in [0.3, 0.4) is 0 Å². The molecule has 1 aromatic rings. The van der Waals surface area contributed by atoms with E-state index in [1.807, 2.05) is 36.8 Å². The highest BCUT2D eigenvalue weighted by molar-refractivity contribution is 5.69. The second kappa shape index (κ2) is 6.24. The van der Waals surface area contributed by atoms with Gasteiger partial charge >= 0.3 is 5.97 Å². The Bertz CT molecular complexity index is 374. The third-order valence-corrected chi connectivity index (χ3v) is 2.50. The average molecular weight is 240 g/mol. The van der Waals surface area contributed by atoms with Crippen LogP contribution in [-0.4, -0.2) is 43.3 Å². The van der Waals surface area contributed by atoms with E-state index in [0.717, 1.165) is 11.6 Å². The molecule has 0 unspecified atom stereocenters. The van der Waals surface area contributed by atoms with Gasteiger partial charge in [-0.1, -0.05) is 0 Å². The Labute approximate surface area is 102 Å². The van der Waals surface area contributed by atoms with Crippen LogP contribution in [0.4, 0.5) is 5.95 Å². The molecule has 0 fully saturated rings. The fourth-order valence-electron chi connectivity index (χ4n) is 1.52. The molecule has 1 aromatic heterocycles. The van der Waals surface area contributed by atoms with Gasteiger partial charge in [-0.25, -0.2) is 4.98 Å². The molecule has 0 atom stereocenters. The molecule has 1 heterocycles. The van der Waals surface area contributed by atoms with Gasteiger partial charge in [-0.05, 0) is 0 Å². The largest absolute Gasteiger partial charge is 0.469 e. The molecule has 17 heavy (non-hydrogen) atoms. The monoisotopic (exact) mass is 240 g/mol. The summed E-state index contributed by atoms with van der Waals surface area (Å²) in [5.41, 5.74) is 1.08. The number of hydrogen-bond acceptors (Lipinski definition) is 5. The summed E-state index contributed by atoms with van der Waals surface area (Å²) in [5.74, 6) is 0.714. The van der Waals surface area contributed by atoms with Gasteiger partial charge in [0.05, 0.1) is 25.4 Å². The van der Waals surface area contributed by atoms with E-state index in [1.54, 1.807) is 0 Å². The zero-order valence-electron chi connectivity index (χ0n) is 10.9. The second-order valence-electron chi connectivity index (χ2n) is 4.01. The van der Waals surface area contributed by atoms with E-state index < -0.39 is 0 Å². The van der Waals surface area contributed by atoms with Crippen molar-refractivity contribution in [3.8, 4) is 0 Å². The summed E-state index contributed by atoms with van der Waals surface area (Å²) in [5, 5.41) is 3.18. The number of aromatic nitrogens is 2. The Morgan fingerprint density at radius 1 is 1.59 bits per heavy atom. The first kappa shape index (κ1) is 13.5. The molecule has 0 aliphatic carbocycles.